The molecular formula is C4H6N2O2. The van der Waals surface area contributed by atoms with Crippen LogP contribution in [0.4, 0.5) is 0 Å². The molecule has 0 fully saturated rings. The lowest BCUT2D eigenvalue weighted by molar-refractivity contribution is 0.312. The highest BCUT2D eigenvalue weighted by Gasteiger charge is 1.64. The zero-order chi connectivity index (χ0) is 6.99. The summed E-state index contributed by atoms with van der Waals surface area (Å²) in [5.74, 6) is 0. The number of allylic oxidation sites excluding steroid dienone is 1. The van der Waals surface area contributed by atoms with Gasteiger partial charge in [0.15, 0.2) is 5.34 Å². The molecule has 4 heteroatoms. The highest BCUT2D eigenvalue weighted by atomic mass is 16.6. The van der Waals surface area contributed by atoms with Gasteiger partial charge in [0.05, 0.1) is 6.07 Å². The first-order chi connectivity index (χ1) is 3.68. The van der Waals surface area contributed by atoms with E-state index >= 15 is 0 Å². The van der Waals surface area contributed by atoms with Crippen molar-refractivity contribution in [3.63, 3.8) is 0 Å². The molecule has 0 heterocycles. The van der Waals surface area contributed by atoms with Crippen LogP contribution in [0, 0.1) is 16.2 Å². The van der Waals surface area contributed by atoms with Crippen molar-refractivity contribution in [3.8, 4) is 6.07 Å². The lowest BCUT2D eigenvalue weighted by Gasteiger charge is -1.61. The van der Waals surface area contributed by atoms with Crippen LogP contribution in [0.1, 0.15) is 6.92 Å². The first-order valence-electron chi connectivity index (χ1n) is 1.71. The van der Waals surface area contributed by atoms with Gasteiger partial charge in [0, 0.05) is 5.57 Å². The first kappa shape index (κ1) is 9.80. The summed E-state index contributed by atoms with van der Waals surface area (Å²) in [7, 11) is 0. The van der Waals surface area contributed by atoms with E-state index in [0.717, 1.165) is 0 Å². The molecule has 0 aromatic heterocycles. The minimum atomic E-state index is 0.560. The SMILES string of the molecule is C=C(C)C#N.O=NO. The molecule has 0 amide bonds. The number of hydrogen-bond acceptors (Lipinski definition) is 3. The molecule has 0 aliphatic heterocycles. The van der Waals surface area contributed by atoms with Gasteiger partial charge in [-0.1, -0.05) is 6.58 Å². The second-order valence-electron chi connectivity index (χ2n) is 0.974. The summed E-state index contributed by atoms with van der Waals surface area (Å²) in [5.41, 5.74) is 0.560. The van der Waals surface area contributed by atoms with Crippen LogP contribution in [0.5, 0.6) is 0 Å². The first-order valence-corrected chi connectivity index (χ1v) is 1.71. The van der Waals surface area contributed by atoms with Crippen LogP contribution in [0.15, 0.2) is 17.5 Å². The Kier molecular flexibility index (Phi) is 11.2. The minimum Gasteiger partial charge on any atom is -0.379 e. The normalized spacial score (nSPS) is 5.00. The third-order valence-electron chi connectivity index (χ3n) is 0.191. The molecule has 8 heavy (non-hydrogen) atoms. The van der Waals surface area contributed by atoms with Crippen molar-refractivity contribution in [1.82, 2.24) is 0 Å². The van der Waals surface area contributed by atoms with Gasteiger partial charge in [-0.05, 0) is 6.92 Å². The van der Waals surface area contributed by atoms with Crippen molar-refractivity contribution < 1.29 is 5.21 Å². The van der Waals surface area contributed by atoms with Crippen molar-refractivity contribution in [1.29, 1.82) is 5.26 Å². The minimum absolute atomic E-state index is 0.560. The third kappa shape index (κ3) is 154. The molecule has 0 spiro atoms. The summed E-state index contributed by atoms with van der Waals surface area (Å²) in [6.07, 6.45) is 0. The Bertz CT molecular complexity index is 114. The third-order valence-corrected chi connectivity index (χ3v) is 0.191. The van der Waals surface area contributed by atoms with E-state index in [9.17, 15) is 0 Å². The van der Waals surface area contributed by atoms with Crippen molar-refractivity contribution in [2.45, 2.75) is 6.92 Å². The molecule has 0 saturated heterocycles. The Morgan fingerprint density at radius 1 is 2.00 bits per heavy atom. The Morgan fingerprint density at radius 2 is 2.12 bits per heavy atom. The van der Waals surface area contributed by atoms with Gasteiger partial charge in [-0.15, -0.1) is 4.91 Å². The lowest BCUT2D eigenvalue weighted by atomic mass is 10.4. The summed E-state index contributed by atoms with van der Waals surface area (Å²) in [5, 5.41) is 15.7. The Hall–Kier alpha value is -1.37. The van der Waals surface area contributed by atoms with Crippen molar-refractivity contribution in [2.75, 3.05) is 0 Å². The average molecular weight is 114 g/mol. The van der Waals surface area contributed by atoms with E-state index in [0.29, 0.717) is 5.57 Å². The van der Waals surface area contributed by atoms with Gasteiger partial charge in [-0.2, -0.15) is 5.26 Å². The molecule has 0 aromatic rings. The summed E-state index contributed by atoms with van der Waals surface area (Å²) in [4.78, 5) is 8.11. The molecule has 0 radical (unpaired) electrons. The van der Waals surface area contributed by atoms with Crippen molar-refractivity contribution in [3.05, 3.63) is 17.1 Å². The Balaban J connectivity index is 0. The maximum Gasteiger partial charge on any atom is 0.152 e. The fourth-order valence-electron chi connectivity index (χ4n) is 0. The Morgan fingerprint density at radius 3 is 2.12 bits per heavy atom. The van der Waals surface area contributed by atoms with E-state index < -0.39 is 0 Å². The van der Waals surface area contributed by atoms with Gasteiger partial charge in [-0.25, -0.2) is 0 Å². The molecule has 0 bridgehead atoms. The maximum absolute atomic E-state index is 8.11. The van der Waals surface area contributed by atoms with Gasteiger partial charge >= 0.3 is 0 Å². The highest BCUT2D eigenvalue weighted by Crippen LogP contribution is 1.74. The zero-order valence-electron chi connectivity index (χ0n) is 4.46. The molecule has 44 valence electrons. The molecule has 1 N–H and O–H groups in total. The van der Waals surface area contributed by atoms with E-state index in [-0.39, 0.29) is 0 Å². The van der Waals surface area contributed by atoms with E-state index in [1.165, 1.54) is 5.34 Å². The predicted octanol–water partition coefficient (Wildman–Crippen LogP) is 1.23. The summed E-state index contributed by atoms with van der Waals surface area (Å²) in [6.45, 7) is 4.98. The average Bonchev–Trinajstić information content (AvgIpc) is 1.69. The molecule has 0 saturated carbocycles. The molecule has 0 aliphatic rings. The van der Waals surface area contributed by atoms with Gasteiger partial charge in [-0.3, -0.25) is 0 Å². The van der Waals surface area contributed by atoms with Crippen LogP contribution in [0.2, 0.25) is 0 Å². The molecule has 0 aliphatic carbocycles. The summed E-state index contributed by atoms with van der Waals surface area (Å²) < 4.78 is 0. The van der Waals surface area contributed by atoms with Gasteiger partial charge in [0.25, 0.3) is 0 Å². The summed E-state index contributed by atoms with van der Waals surface area (Å²) in [6, 6.07) is 1.83. The number of nitriles is 1. The van der Waals surface area contributed by atoms with Crippen LogP contribution in [0.3, 0.4) is 0 Å². The Labute approximate surface area is 47.0 Å². The molecule has 4 nitrogen and oxygen atoms in total. The quantitative estimate of drug-likeness (QED) is 0.292. The predicted molar refractivity (Wildman–Crippen MR) is 28.0 cm³/mol. The van der Waals surface area contributed by atoms with Gasteiger partial charge < -0.3 is 5.21 Å². The summed E-state index contributed by atoms with van der Waals surface area (Å²) >= 11 is 0. The second kappa shape index (κ2) is 9.16. The smallest absolute Gasteiger partial charge is 0.152 e. The van der Waals surface area contributed by atoms with Gasteiger partial charge in [0.2, 0.25) is 0 Å². The van der Waals surface area contributed by atoms with Crippen LogP contribution >= 0.6 is 0 Å². The zero-order valence-corrected chi connectivity index (χ0v) is 4.46. The van der Waals surface area contributed by atoms with Gasteiger partial charge in [0.1, 0.15) is 0 Å². The van der Waals surface area contributed by atoms with Crippen LogP contribution in [0.25, 0.3) is 0 Å². The van der Waals surface area contributed by atoms with Crippen molar-refractivity contribution >= 4 is 0 Å². The standard InChI is InChI=1S/C4H5N.HNO2/c1-4(2)3-5;2-1-3/h1H2,2H3;(H,2,3). The van der Waals surface area contributed by atoms with Crippen LogP contribution in [-0.4, -0.2) is 5.21 Å². The van der Waals surface area contributed by atoms with Crippen LogP contribution in [-0.2, 0) is 0 Å². The monoisotopic (exact) mass is 114 g/mol. The van der Waals surface area contributed by atoms with E-state index in [1.807, 2.05) is 6.07 Å². The number of hydrogen-bond donors (Lipinski definition) is 1. The maximum atomic E-state index is 8.11. The van der Waals surface area contributed by atoms with E-state index in [1.54, 1.807) is 6.92 Å². The second-order valence-corrected chi connectivity index (χ2v) is 0.974. The molecule has 0 rings (SSSR count). The van der Waals surface area contributed by atoms with Crippen LogP contribution < -0.4 is 0 Å². The fraction of sp³-hybridized carbons (Fsp3) is 0.250. The van der Waals surface area contributed by atoms with E-state index in [2.05, 4.69) is 6.58 Å². The fourth-order valence-corrected chi connectivity index (χ4v) is 0. The molecule has 0 atom stereocenters. The topological polar surface area (TPSA) is 73.5 Å². The molecule has 0 unspecified atom stereocenters. The van der Waals surface area contributed by atoms with E-state index in [4.69, 9.17) is 15.4 Å². The number of rotatable bonds is 0. The van der Waals surface area contributed by atoms with Crippen molar-refractivity contribution in [2.24, 2.45) is 5.34 Å². The number of nitrogens with zero attached hydrogens (tertiary/aromatic N) is 2. The largest absolute Gasteiger partial charge is 0.379 e. The lowest BCUT2D eigenvalue weighted by Crippen LogP contribution is -1.51. The molecule has 0 aromatic carbocycles. The highest BCUT2D eigenvalue weighted by molar-refractivity contribution is 5.11. The molecular weight excluding hydrogens is 108 g/mol.